The smallest absolute Gasteiger partial charge is 0.394 e. The standard InChI is InChI=1S/C11H10O2.2H2O4S/c1-7-6-10(12)8-4-2-3-5-9(8)11(7)13;2*1-5(2,3)4/h2-6,12-13H,1H3;2*(H2,1,2,3,4). The molecule has 0 radical (unpaired) electrons. The predicted molar refractivity (Wildman–Crippen MR) is 80.4 cm³/mol. The van der Waals surface area contributed by atoms with E-state index in [1.165, 1.54) is 0 Å². The van der Waals surface area contributed by atoms with Crippen molar-refractivity contribution in [1.29, 1.82) is 0 Å². The molecule has 0 spiro atoms. The van der Waals surface area contributed by atoms with Gasteiger partial charge in [0.15, 0.2) is 0 Å². The molecule has 0 fully saturated rings. The number of fused-ring (bicyclic) bond motifs is 1. The summed E-state index contributed by atoms with van der Waals surface area (Å²) in [5, 5.41) is 20.6. The normalized spacial score (nSPS) is 11.0. The van der Waals surface area contributed by atoms with Gasteiger partial charge >= 0.3 is 20.8 Å². The number of phenols is 2. The molecule has 0 aromatic heterocycles. The summed E-state index contributed by atoms with van der Waals surface area (Å²) in [4.78, 5) is 0. The maximum atomic E-state index is 9.67. The molecule has 0 unspecified atom stereocenters. The van der Waals surface area contributed by atoms with Crippen LogP contribution < -0.4 is 0 Å². The van der Waals surface area contributed by atoms with Crippen molar-refractivity contribution in [2.24, 2.45) is 0 Å². The average molecular weight is 370 g/mol. The molecule has 12 heteroatoms. The quantitative estimate of drug-likeness (QED) is 0.290. The lowest BCUT2D eigenvalue weighted by molar-refractivity contribution is 0.378. The van der Waals surface area contributed by atoms with Crippen molar-refractivity contribution in [3.63, 3.8) is 0 Å². The zero-order chi connectivity index (χ0) is 18.4. The van der Waals surface area contributed by atoms with Crippen LogP contribution in [0.25, 0.3) is 10.8 Å². The summed E-state index contributed by atoms with van der Waals surface area (Å²) in [6, 6.07) is 8.80. The first-order valence-electron chi connectivity index (χ1n) is 5.50. The van der Waals surface area contributed by atoms with E-state index in [4.69, 9.17) is 35.0 Å². The molecule has 6 N–H and O–H groups in total. The summed E-state index contributed by atoms with van der Waals surface area (Å²) in [5.41, 5.74) is 0.691. The molecule has 0 amide bonds. The third-order valence-corrected chi connectivity index (χ3v) is 2.18. The van der Waals surface area contributed by atoms with Crippen molar-refractivity contribution in [3.05, 3.63) is 35.9 Å². The highest BCUT2D eigenvalue weighted by Gasteiger charge is 2.06. The van der Waals surface area contributed by atoms with Gasteiger partial charge in [0.2, 0.25) is 0 Å². The second kappa shape index (κ2) is 8.05. The van der Waals surface area contributed by atoms with E-state index < -0.39 is 20.8 Å². The van der Waals surface area contributed by atoms with Gasteiger partial charge in [-0.2, -0.15) is 16.8 Å². The third-order valence-electron chi connectivity index (χ3n) is 2.18. The molecule has 0 aliphatic carbocycles. The van der Waals surface area contributed by atoms with E-state index in [2.05, 4.69) is 0 Å². The Kier molecular flexibility index (Phi) is 7.36. The molecule has 0 atom stereocenters. The first-order valence-corrected chi connectivity index (χ1v) is 8.29. The van der Waals surface area contributed by atoms with Crippen LogP contribution in [0.15, 0.2) is 30.3 Å². The van der Waals surface area contributed by atoms with Crippen LogP contribution in [0.2, 0.25) is 0 Å². The zero-order valence-electron chi connectivity index (χ0n) is 11.5. The minimum absolute atomic E-state index is 0.214. The summed E-state index contributed by atoms with van der Waals surface area (Å²) < 4.78 is 63.2. The van der Waals surface area contributed by atoms with Gasteiger partial charge in [-0.3, -0.25) is 18.2 Å². The molecule has 2 rings (SSSR count). The van der Waals surface area contributed by atoms with Crippen LogP contribution in [-0.4, -0.2) is 45.3 Å². The van der Waals surface area contributed by atoms with Gasteiger partial charge in [0.25, 0.3) is 0 Å². The van der Waals surface area contributed by atoms with E-state index in [9.17, 15) is 10.2 Å². The van der Waals surface area contributed by atoms with Crippen LogP contribution in [0, 0.1) is 6.92 Å². The Morgan fingerprint density at radius 3 is 1.52 bits per heavy atom. The van der Waals surface area contributed by atoms with E-state index in [-0.39, 0.29) is 11.5 Å². The van der Waals surface area contributed by atoms with Gasteiger partial charge in [-0.25, -0.2) is 0 Å². The van der Waals surface area contributed by atoms with Gasteiger partial charge < -0.3 is 10.2 Å². The lowest BCUT2D eigenvalue weighted by Gasteiger charge is -2.05. The van der Waals surface area contributed by atoms with Crippen molar-refractivity contribution in [1.82, 2.24) is 0 Å². The lowest BCUT2D eigenvalue weighted by Crippen LogP contribution is -1.89. The fourth-order valence-corrected chi connectivity index (χ4v) is 1.48. The van der Waals surface area contributed by atoms with Crippen LogP contribution >= 0.6 is 0 Å². The molecule has 0 aliphatic rings. The summed E-state index contributed by atoms with van der Waals surface area (Å²) in [7, 11) is -9.33. The molecule has 0 saturated carbocycles. The molecule has 0 heterocycles. The first kappa shape index (κ1) is 21.0. The Morgan fingerprint density at radius 1 is 0.783 bits per heavy atom. The van der Waals surface area contributed by atoms with Crippen LogP contribution in [0.4, 0.5) is 0 Å². The molecular formula is C11H14O10S2. The number of benzene rings is 2. The molecule has 0 saturated heterocycles. The summed E-state index contributed by atoms with van der Waals surface area (Å²) >= 11 is 0. The average Bonchev–Trinajstić information content (AvgIpc) is 2.32. The molecule has 2 aromatic carbocycles. The Bertz CT molecular complexity index is 825. The van der Waals surface area contributed by atoms with E-state index >= 15 is 0 Å². The third kappa shape index (κ3) is 10.4. The van der Waals surface area contributed by atoms with Gasteiger partial charge in [-0.1, -0.05) is 24.3 Å². The number of aromatic hydroxyl groups is 2. The highest BCUT2D eigenvalue weighted by molar-refractivity contribution is 7.80. The first-order chi connectivity index (χ1) is 10.2. The van der Waals surface area contributed by atoms with Crippen LogP contribution in [0.5, 0.6) is 11.5 Å². The summed E-state index contributed by atoms with van der Waals surface area (Å²) in [6.45, 7) is 1.77. The zero-order valence-corrected chi connectivity index (χ0v) is 13.2. The van der Waals surface area contributed by atoms with Crippen molar-refractivity contribution in [2.75, 3.05) is 0 Å². The molecule has 0 bridgehead atoms. The Hall–Kier alpha value is -1.96. The molecule has 10 nitrogen and oxygen atoms in total. The minimum Gasteiger partial charge on any atom is -0.507 e. The van der Waals surface area contributed by atoms with Gasteiger partial charge in [-0.15, -0.1) is 0 Å². The molecule has 23 heavy (non-hydrogen) atoms. The number of hydrogen-bond donors (Lipinski definition) is 6. The van der Waals surface area contributed by atoms with Gasteiger partial charge in [0.1, 0.15) is 11.5 Å². The van der Waals surface area contributed by atoms with Crippen molar-refractivity contribution >= 4 is 31.6 Å². The van der Waals surface area contributed by atoms with E-state index in [0.29, 0.717) is 16.3 Å². The van der Waals surface area contributed by atoms with Crippen molar-refractivity contribution in [2.45, 2.75) is 6.92 Å². The number of hydrogen-bond acceptors (Lipinski definition) is 6. The largest absolute Gasteiger partial charge is 0.507 e. The number of aryl methyl sites for hydroxylation is 1. The summed E-state index contributed by atoms with van der Waals surface area (Å²) in [6.07, 6.45) is 0. The highest BCUT2D eigenvalue weighted by atomic mass is 32.3. The Morgan fingerprint density at radius 2 is 1.13 bits per heavy atom. The topological polar surface area (TPSA) is 190 Å². The SMILES string of the molecule is Cc1cc(O)c2ccccc2c1O.O=S(=O)(O)O.O=S(=O)(O)O. The second-order valence-electron chi connectivity index (χ2n) is 4.00. The number of phenolic OH excluding ortho intramolecular Hbond substituents is 2. The minimum atomic E-state index is -4.67. The van der Waals surface area contributed by atoms with Crippen LogP contribution in [0.3, 0.4) is 0 Å². The molecule has 130 valence electrons. The predicted octanol–water partition coefficient (Wildman–Crippen LogP) is 1.25. The van der Waals surface area contributed by atoms with E-state index in [1.807, 2.05) is 12.1 Å². The fraction of sp³-hybridized carbons (Fsp3) is 0.0909. The molecule has 2 aromatic rings. The molecular weight excluding hydrogens is 356 g/mol. The monoisotopic (exact) mass is 370 g/mol. The second-order valence-corrected chi connectivity index (χ2v) is 5.79. The highest BCUT2D eigenvalue weighted by Crippen LogP contribution is 2.34. The number of rotatable bonds is 0. The van der Waals surface area contributed by atoms with Crippen LogP contribution in [0.1, 0.15) is 5.56 Å². The maximum Gasteiger partial charge on any atom is 0.394 e. The Balaban J connectivity index is 0.000000406. The van der Waals surface area contributed by atoms with E-state index in [0.717, 1.165) is 0 Å². The van der Waals surface area contributed by atoms with Gasteiger partial charge in [-0.05, 0) is 18.6 Å². The van der Waals surface area contributed by atoms with Crippen molar-refractivity contribution in [3.8, 4) is 11.5 Å². The lowest BCUT2D eigenvalue weighted by atomic mass is 10.1. The Labute approximate surface area is 131 Å². The van der Waals surface area contributed by atoms with Crippen LogP contribution in [-0.2, 0) is 20.8 Å². The summed E-state index contributed by atoms with van der Waals surface area (Å²) in [5.74, 6) is 0.458. The molecule has 0 aliphatic heterocycles. The van der Waals surface area contributed by atoms with E-state index in [1.54, 1.807) is 25.1 Å². The maximum absolute atomic E-state index is 9.67. The van der Waals surface area contributed by atoms with Gasteiger partial charge in [0.05, 0.1) is 0 Å². The van der Waals surface area contributed by atoms with Crippen molar-refractivity contribution < 1.29 is 45.3 Å². The van der Waals surface area contributed by atoms with Gasteiger partial charge in [0, 0.05) is 10.8 Å². The fourth-order valence-electron chi connectivity index (χ4n) is 1.48.